The summed E-state index contributed by atoms with van der Waals surface area (Å²) in [6, 6.07) is 4.73. The third-order valence-corrected chi connectivity index (χ3v) is 3.92. The molecule has 0 radical (unpaired) electrons. The quantitative estimate of drug-likeness (QED) is 0.877. The molecule has 2 rings (SSSR count). The Morgan fingerprint density at radius 1 is 1.27 bits per heavy atom. The molecule has 0 aromatic heterocycles. The van der Waals surface area contributed by atoms with Crippen molar-refractivity contribution in [3.63, 3.8) is 0 Å². The molecular weight excluding hydrogens is 293 g/mol. The van der Waals surface area contributed by atoms with Crippen LogP contribution < -0.4 is 10.6 Å². The molecule has 22 heavy (non-hydrogen) atoms. The lowest BCUT2D eigenvalue weighted by Crippen LogP contribution is -2.33. The minimum atomic E-state index is -4.34. The number of carbonyl (C=O) groups is 1. The highest BCUT2D eigenvalue weighted by Gasteiger charge is 2.29. The Balaban J connectivity index is 1.72. The summed E-state index contributed by atoms with van der Waals surface area (Å²) in [5.41, 5.74) is -0.105. The number of nitrogens with one attached hydrogen (secondary N) is 2. The second-order valence-corrected chi connectivity index (χ2v) is 5.72. The molecule has 1 aliphatic heterocycles. The van der Waals surface area contributed by atoms with E-state index < -0.39 is 11.7 Å². The minimum Gasteiger partial charge on any atom is -0.356 e. The van der Waals surface area contributed by atoms with E-state index in [4.69, 9.17) is 0 Å². The largest absolute Gasteiger partial charge is 0.416 e. The first-order chi connectivity index (χ1) is 10.4. The van der Waals surface area contributed by atoms with Crippen LogP contribution >= 0.6 is 0 Å². The Bertz CT molecular complexity index is 479. The van der Waals surface area contributed by atoms with Crippen LogP contribution in [0.3, 0.4) is 0 Å². The summed E-state index contributed by atoms with van der Waals surface area (Å²) in [5, 5.41) is 6.16. The normalized spacial score (nSPS) is 19.0. The highest BCUT2D eigenvalue weighted by Crippen LogP contribution is 2.29. The second-order valence-electron chi connectivity index (χ2n) is 5.72. The molecule has 0 saturated carbocycles. The Hall–Kier alpha value is -1.56. The van der Waals surface area contributed by atoms with E-state index in [0.717, 1.165) is 31.6 Å². The van der Waals surface area contributed by atoms with Crippen LogP contribution in [0, 0.1) is 5.92 Å². The molecule has 1 aromatic carbocycles. The molecule has 3 nitrogen and oxygen atoms in total. The van der Waals surface area contributed by atoms with E-state index in [1.54, 1.807) is 0 Å². The SMILES string of the molecule is O=C(Cc1ccc(C(F)(F)F)cc1)NCCC1CCCNC1. The van der Waals surface area contributed by atoms with Gasteiger partial charge in [-0.05, 0) is 56.0 Å². The van der Waals surface area contributed by atoms with Crippen molar-refractivity contribution >= 4 is 5.91 Å². The number of amides is 1. The van der Waals surface area contributed by atoms with Crippen molar-refractivity contribution in [3.8, 4) is 0 Å². The van der Waals surface area contributed by atoms with Gasteiger partial charge in [-0.15, -0.1) is 0 Å². The highest BCUT2D eigenvalue weighted by molar-refractivity contribution is 5.78. The molecule has 0 bridgehead atoms. The van der Waals surface area contributed by atoms with Gasteiger partial charge in [0.15, 0.2) is 0 Å². The number of halogens is 3. The molecule has 1 aromatic rings. The average Bonchev–Trinajstić information content (AvgIpc) is 2.48. The fourth-order valence-electron chi connectivity index (χ4n) is 2.65. The predicted molar refractivity (Wildman–Crippen MR) is 78.4 cm³/mol. The van der Waals surface area contributed by atoms with Gasteiger partial charge in [-0.2, -0.15) is 13.2 Å². The van der Waals surface area contributed by atoms with Gasteiger partial charge in [-0.3, -0.25) is 4.79 Å². The fraction of sp³-hybridized carbons (Fsp3) is 0.562. The third-order valence-electron chi connectivity index (χ3n) is 3.92. The standard InChI is InChI=1S/C16H21F3N2O/c17-16(18,19)14-5-3-12(4-6-14)10-15(22)21-9-7-13-2-1-8-20-11-13/h3-6,13,20H,1-2,7-11H2,(H,21,22). The van der Waals surface area contributed by atoms with Crippen molar-refractivity contribution in [1.29, 1.82) is 0 Å². The lowest BCUT2D eigenvalue weighted by atomic mass is 9.96. The van der Waals surface area contributed by atoms with Crippen LogP contribution in [0.5, 0.6) is 0 Å². The second kappa shape index (κ2) is 7.63. The van der Waals surface area contributed by atoms with Gasteiger partial charge in [0, 0.05) is 6.54 Å². The van der Waals surface area contributed by atoms with Crippen LogP contribution in [0.4, 0.5) is 13.2 Å². The molecular formula is C16H21F3N2O. The van der Waals surface area contributed by atoms with Crippen LogP contribution in [0.25, 0.3) is 0 Å². The van der Waals surface area contributed by atoms with Gasteiger partial charge in [0.1, 0.15) is 0 Å². The van der Waals surface area contributed by atoms with Gasteiger partial charge >= 0.3 is 6.18 Å². The lowest BCUT2D eigenvalue weighted by Gasteiger charge is -2.22. The summed E-state index contributed by atoms with van der Waals surface area (Å²) in [4.78, 5) is 11.8. The van der Waals surface area contributed by atoms with Crippen molar-refractivity contribution < 1.29 is 18.0 Å². The summed E-state index contributed by atoms with van der Waals surface area (Å²) >= 11 is 0. The van der Waals surface area contributed by atoms with E-state index in [9.17, 15) is 18.0 Å². The molecule has 0 spiro atoms. The van der Waals surface area contributed by atoms with Crippen molar-refractivity contribution in [1.82, 2.24) is 10.6 Å². The van der Waals surface area contributed by atoms with Crippen molar-refractivity contribution in [2.45, 2.75) is 31.9 Å². The molecule has 1 fully saturated rings. The zero-order chi connectivity index (χ0) is 16.0. The van der Waals surface area contributed by atoms with Crippen molar-refractivity contribution in [2.24, 2.45) is 5.92 Å². The molecule has 1 unspecified atom stereocenters. The van der Waals surface area contributed by atoms with E-state index in [0.29, 0.717) is 18.0 Å². The van der Waals surface area contributed by atoms with Crippen LogP contribution in [0.15, 0.2) is 24.3 Å². The number of alkyl halides is 3. The zero-order valence-electron chi connectivity index (χ0n) is 12.4. The number of hydrogen-bond donors (Lipinski definition) is 2. The first kappa shape index (κ1) is 16.8. The number of rotatable bonds is 5. The Morgan fingerprint density at radius 2 is 2.00 bits per heavy atom. The Morgan fingerprint density at radius 3 is 2.59 bits per heavy atom. The summed E-state index contributed by atoms with van der Waals surface area (Å²) in [6.45, 7) is 2.68. The molecule has 2 N–H and O–H groups in total. The molecule has 1 heterocycles. The number of piperidine rings is 1. The summed E-state index contributed by atoms with van der Waals surface area (Å²) in [5.74, 6) is 0.448. The van der Waals surface area contributed by atoms with E-state index in [1.165, 1.54) is 25.0 Å². The molecule has 122 valence electrons. The van der Waals surface area contributed by atoms with Gasteiger partial charge in [-0.1, -0.05) is 12.1 Å². The minimum absolute atomic E-state index is 0.112. The molecule has 1 atom stereocenters. The third kappa shape index (κ3) is 5.33. The smallest absolute Gasteiger partial charge is 0.356 e. The fourth-order valence-corrected chi connectivity index (χ4v) is 2.65. The summed E-state index contributed by atoms with van der Waals surface area (Å²) in [6.07, 6.45) is -0.937. The monoisotopic (exact) mass is 314 g/mol. The van der Waals surface area contributed by atoms with Crippen LogP contribution in [-0.2, 0) is 17.4 Å². The van der Waals surface area contributed by atoms with Crippen LogP contribution in [0.2, 0.25) is 0 Å². The van der Waals surface area contributed by atoms with Gasteiger partial charge < -0.3 is 10.6 Å². The van der Waals surface area contributed by atoms with Gasteiger partial charge in [0.05, 0.1) is 12.0 Å². The maximum Gasteiger partial charge on any atom is 0.416 e. The number of hydrogen-bond acceptors (Lipinski definition) is 2. The molecule has 0 aliphatic carbocycles. The van der Waals surface area contributed by atoms with E-state index in [2.05, 4.69) is 10.6 Å². The van der Waals surface area contributed by atoms with E-state index in [1.807, 2.05) is 0 Å². The predicted octanol–water partition coefficient (Wildman–Crippen LogP) is 2.75. The van der Waals surface area contributed by atoms with Gasteiger partial charge in [0.25, 0.3) is 0 Å². The molecule has 1 aliphatic rings. The molecule has 1 amide bonds. The summed E-state index contributed by atoms with van der Waals surface area (Å²) in [7, 11) is 0. The van der Waals surface area contributed by atoms with Gasteiger partial charge in [-0.25, -0.2) is 0 Å². The van der Waals surface area contributed by atoms with E-state index >= 15 is 0 Å². The van der Waals surface area contributed by atoms with Crippen LogP contribution in [0.1, 0.15) is 30.4 Å². The first-order valence-electron chi connectivity index (χ1n) is 7.58. The van der Waals surface area contributed by atoms with E-state index in [-0.39, 0.29) is 12.3 Å². The first-order valence-corrected chi connectivity index (χ1v) is 7.58. The topological polar surface area (TPSA) is 41.1 Å². The van der Waals surface area contributed by atoms with Crippen molar-refractivity contribution in [2.75, 3.05) is 19.6 Å². The maximum absolute atomic E-state index is 12.4. The summed E-state index contributed by atoms with van der Waals surface area (Å²) < 4.78 is 37.3. The Labute approximate surface area is 128 Å². The molecule has 6 heteroatoms. The lowest BCUT2D eigenvalue weighted by molar-refractivity contribution is -0.137. The van der Waals surface area contributed by atoms with Gasteiger partial charge in [0.2, 0.25) is 5.91 Å². The number of carbonyl (C=O) groups excluding carboxylic acids is 1. The average molecular weight is 314 g/mol. The highest BCUT2D eigenvalue weighted by atomic mass is 19.4. The Kier molecular flexibility index (Phi) is 5.83. The molecule has 1 saturated heterocycles. The number of benzene rings is 1. The maximum atomic E-state index is 12.4. The zero-order valence-corrected chi connectivity index (χ0v) is 12.4. The van der Waals surface area contributed by atoms with Crippen molar-refractivity contribution in [3.05, 3.63) is 35.4 Å². The van der Waals surface area contributed by atoms with Crippen LogP contribution in [-0.4, -0.2) is 25.5 Å².